The summed E-state index contributed by atoms with van der Waals surface area (Å²) < 4.78 is 5.38. The van der Waals surface area contributed by atoms with Crippen molar-refractivity contribution in [1.82, 2.24) is 0 Å². The molecule has 2 rings (SSSR count). The van der Waals surface area contributed by atoms with Gasteiger partial charge in [-0.25, -0.2) is 0 Å². The number of benzene rings is 1. The van der Waals surface area contributed by atoms with E-state index in [-0.39, 0.29) is 0 Å². The molecule has 0 aromatic heterocycles. The lowest BCUT2D eigenvalue weighted by Gasteiger charge is -2.02. The molecule has 1 aliphatic heterocycles. The first-order valence-corrected chi connectivity index (χ1v) is 3.98. The molecule has 12 heavy (non-hydrogen) atoms. The van der Waals surface area contributed by atoms with Crippen LogP contribution in [-0.4, -0.2) is 6.61 Å². The first kappa shape index (κ1) is 7.17. The van der Waals surface area contributed by atoms with E-state index in [9.17, 15) is 0 Å². The van der Waals surface area contributed by atoms with Gasteiger partial charge in [-0.3, -0.25) is 0 Å². The zero-order valence-corrected chi connectivity index (χ0v) is 6.92. The topological polar surface area (TPSA) is 33.0 Å². The van der Waals surface area contributed by atoms with E-state index in [1.807, 2.05) is 12.1 Å². The second-order valence-electron chi connectivity index (χ2n) is 2.95. The number of aryl methyl sites for hydroxylation is 1. The molecule has 1 aliphatic rings. The van der Waals surface area contributed by atoms with E-state index in [0.29, 0.717) is 5.56 Å². The summed E-state index contributed by atoms with van der Waals surface area (Å²) in [6.07, 6.45) is 0.941. The number of rotatable bonds is 0. The Morgan fingerprint density at radius 1 is 1.50 bits per heavy atom. The van der Waals surface area contributed by atoms with Crippen LogP contribution in [-0.2, 0) is 6.42 Å². The summed E-state index contributed by atoms with van der Waals surface area (Å²) in [4.78, 5) is 0. The molecule has 0 N–H and O–H groups in total. The zero-order valence-electron chi connectivity index (χ0n) is 6.92. The number of hydrogen-bond donors (Lipinski definition) is 0. The van der Waals surface area contributed by atoms with Crippen molar-refractivity contribution in [1.29, 1.82) is 5.26 Å². The van der Waals surface area contributed by atoms with Crippen molar-refractivity contribution in [3.8, 4) is 11.8 Å². The van der Waals surface area contributed by atoms with Crippen molar-refractivity contribution >= 4 is 0 Å². The average Bonchev–Trinajstić information content (AvgIpc) is 2.54. The molecular formula is C10H9NO. The number of nitriles is 1. The lowest BCUT2D eigenvalue weighted by atomic mass is 10.0. The molecule has 0 bridgehead atoms. The van der Waals surface area contributed by atoms with Gasteiger partial charge < -0.3 is 4.74 Å². The van der Waals surface area contributed by atoms with Crippen molar-refractivity contribution in [2.75, 3.05) is 6.61 Å². The Morgan fingerprint density at radius 3 is 3.08 bits per heavy atom. The summed E-state index contributed by atoms with van der Waals surface area (Å²) in [7, 11) is 0. The third-order valence-corrected chi connectivity index (χ3v) is 2.21. The van der Waals surface area contributed by atoms with Gasteiger partial charge in [0.2, 0.25) is 0 Å². The Balaban J connectivity index is 2.66. The highest BCUT2D eigenvalue weighted by molar-refractivity contribution is 5.53. The molecule has 0 radical (unpaired) electrons. The van der Waals surface area contributed by atoms with E-state index in [0.717, 1.165) is 18.8 Å². The van der Waals surface area contributed by atoms with Crippen LogP contribution in [0, 0.1) is 18.3 Å². The van der Waals surface area contributed by atoms with E-state index in [2.05, 4.69) is 13.0 Å². The Hall–Kier alpha value is -1.49. The van der Waals surface area contributed by atoms with Crippen molar-refractivity contribution in [2.45, 2.75) is 13.3 Å². The predicted octanol–water partition coefficient (Wildman–Crippen LogP) is 1.80. The zero-order chi connectivity index (χ0) is 8.55. The highest BCUT2D eigenvalue weighted by Crippen LogP contribution is 2.31. The Kier molecular flexibility index (Phi) is 1.51. The van der Waals surface area contributed by atoms with Gasteiger partial charge in [0.15, 0.2) is 0 Å². The van der Waals surface area contributed by atoms with Gasteiger partial charge in [0.05, 0.1) is 12.2 Å². The fourth-order valence-corrected chi connectivity index (χ4v) is 1.55. The van der Waals surface area contributed by atoms with E-state index >= 15 is 0 Å². The normalized spacial score (nSPS) is 13.3. The molecule has 0 saturated heterocycles. The quantitative estimate of drug-likeness (QED) is 0.578. The van der Waals surface area contributed by atoms with Gasteiger partial charge in [-0.1, -0.05) is 6.07 Å². The molecule has 60 valence electrons. The maximum Gasteiger partial charge on any atom is 0.140 e. The lowest BCUT2D eigenvalue weighted by Crippen LogP contribution is -1.88. The third-order valence-electron chi connectivity index (χ3n) is 2.21. The van der Waals surface area contributed by atoms with Crippen molar-refractivity contribution in [3.05, 3.63) is 28.8 Å². The molecule has 1 aromatic carbocycles. The van der Waals surface area contributed by atoms with Crippen LogP contribution in [0.4, 0.5) is 0 Å². The third kappa shape index (κ3) is 0.868. The second-order valence-corrected chi connectivity index (χ2v) is 2.95. The highest BCUT2D eigenvalue weighted by atomic mass is 16.5. The number of ether oxygens (including phenoxy) is 1. The molecule has 0 unspecified atom stereocenters. The predicted molar refractivity (Wildman–Crippen MR) is 45.1 cm³/mol. The number of hydrogen-bond acceptors (Lipinski definition) is 2. The van der Waals surface area contributed by atoms with Crippen LogP contribution in [0.2, 0.25) is 0 Å². The molecule has 2 heteroatoms. The Bertz CT molecular complexity index is 363. The minimum Gasteiger partial charge on any atom is -0.492 e. The van der Waals surface area contributed by atoms with E-state index in [1.54, 1.807) is 0 Å². The lowest BCUT2D eigenvalue weighted by molar-refractivity contribution is 0.356. The second kappa shape index (κ2) is 2.53. The fraction of sp³-hybridized carbons (Fsp3) is 0.300. The molecular weight excluding hydrogens is 150 g/mol. The van der Waals surface area contributed by atoms with Crippen LogP contribution in [0.25, 0.3) is 0 Å². The van der Waals surface area contributed by atoms with Gasteiger partial charge in [0.1, 0.15) is 11.8 Å². The van der Waals surface area contributed by atoms with Crippen LogP contribution in [0.3, 0.4) is 0 Å². The fourth-order valence-electron chi connectivity index (χ4n) is 1.55. The minimum absolute atomic E-state index is 0.660. The highest BCUT2D eigenvalue weighted by Gasteiger charge is 2.17. The molecule has 0 aliphatic carbocycles. The van der Waals surface area contributed by atoms with Crippen molar-refractivity contribution in [2.24, 2.45) is 0 Å². The van der Waals surface area contributed by atoms with Crippen LogP contribution in [0.1, 0.15) is 16.7 Å². The van der Waals surface area contributed by atoms with Gasteiger partial charge in [0.25, 0.3) is 0 Å². The molecule has 0 amide bonds. The smallest absolute Gasteiger partial charge is 0.140 e. The number of nitrogens with zero attached hydrogens (tertiary/aromatic N) is 1. The van der Waals surface area contributed by atoms with E-state index in [1.165, 1.54) is 11.1 Å². The summed E-state index contributed by atoms with van der Waals surface area (Å²) in [5.41, 5.74) is 3.09. The summed E-state index contributed by atoms with van der Waals surface area (Å²) in [6, 6.07) is 5.93. The maximum atomic E-state index is 8.76. The van der Waals surface area contributed by atoms with Crippen LogP contribution in [0.15, 0.2) is 12.1 Å². The molecule has 0 atom stereocenters. The van der Waals surface area contributed by atoms with Crippen LogP contribution < -0.4 is 4.74 Å². The molecule has 0 spiro atoms. The summed E-state index contributed by atoms with van der Waals surface area (Å²) >= 11 is 0. The van der Waals surface area contributed by atoms with Crippen LogP contribution >= 0.6 is 0 Å². The van der Waals surface area contributed by atoms with Crippen LogP contribution in [0.5, 0.6) is 5.75 Å². The van der Waals surface area contributed by atoms with Gasteiger partial charge in [0, 0.05) is 12.0 Å². The van der Waals surface area contributed by atoms with Gasteiger partial charge in [-0.05, 0) is 18.6 Å². The van der Waals surface area contributed by atoms with Gasteiger partial charge >= 0.3 is 0 Å². The SMILES string of the molecule is Cc1ccc(C#N)c2c1CCO2. The monoisotopic (exact) mass is 159 g/mol. The Morgan fingerprint density at radius 2 is 2.33 bits per heavy atom. The van der Waals surface area contributed by atoms with Gasteiger partial charge in [-0.2, -0.15) is 5.26 Å². The summed E-state index contributed by atoms with van der Waals surface area (Å²) in [5.74, 6) is 0.803. The number of fused-ring (bicyclic) bond motifs is 1. The van der Waals surface area contributed by atoms with Crippen molar-refractivity contribution in [3.63, 3.8) is 0 Å². The molecule has 0 saturated carbocycles. The molecule has 0 fully saturated rings. The first-order chi connectivity index (χ1) is 5.83. The average molecular weight is 159 g/mol. The molecule has 1 aromatic rings. The Labute approximate surface area is 71.4 Å². The largest absolute Gasteiger partial charge is 0.492 e. The standard InChI is InChI=1S/C10H9NO/c1-7-2-3-8(6-11)10-9(7)4-5-12-10/h2-3H,4-5H2,1H3. The minimum atomic E-state index is 0.660. The maximum absolute atomic E-state index is 8.76. The summed E-state index contributed by atoms with van der Waals surface area (Å²) in [6.45, 7) is 2.77. The van der Waals surface area contributed by atoms with E-state index < -0.39 is 0 Å². The van der Waals surface area contributed by atoms with Gasteiger partial charge in [-0.15, -0.1) is 0 Å². The summed E-state index contributed by atoms with van der Waals surface area (Å²) in [5, 5.41) is 8.76. The molecule has 2 nitrogen and oxygen atoms in total. The molecule has 1 heterocycles. The first-order valence-electron chi connectivity index (χ1n) is 3.98. The van der Waals surface area contributed by atoms with Crippen molar-refractivity contribution < 1.29 is 4.74 Å². The van der Waals surface area contributed by atoms with E-state index in [4.69, 9.17) is 10.00 Å².